The lowest BCUT2D eigenvalue weighted by Gasteiger charge is -2.22. The van der Waals surface area contributed by atoms with E-state index in [0.29, 0.717) is 17.0 Å². The standard InChI is InChI=1S/C20H19F3N4O3S/c1-12-14(6-9-29-12)18-25-26-19(30-18)31-11-17(28)24-15-10-13(20(21,22)23)4-5-16(15)27-7-2-3-8-27/h4-6,9-10H,2-3,7-8,11H2,1H3,(H,24,28). The third kappa shape index (κ3) is 4.87. The number of rotatable bonds is 6. The molecule has 7 nitrogen and oxygen atoms in total. The van der Waals surface area contributed by atoms with Crippen LogP contribution in [0, 0.1) is 6.92 Å². The van der Waals surface area contributed by atoms with Gasteiger partial charge in [0.2, 0.25) is 5.91 Å². The molecule has 1 saturated heterocycles. The van der Waals surface area contributed by atoms with Crippen molar-refractivity contribution in [2.45, 2.75) is 31.2 Å². The van der Waals surface area contributed by atoms with E-state index in [0.717, 1.165) is 49.8 Å². The van der Waals surface area contributed by atoms with Crippen molar-refractivity contribution < 1.29 is 26.8 Å². The molecule has 1 amide bonds. The summed E-state index contributed by atoms with van der Waals surface area (Å²) in [5.74, 6) is 0.325. The van der Waals surface area contributed by atoms with Crippen molar-refractivity contribution in [3.8, 4) is 11.5 Å². The highest BCUT2D eigenvalue weighted by Crippen LogP contribution is 2.36. The van der Waals surface area contributed by atoms with Crippen LogP contribution in [0.25, 0.3) is 11.5 Å². The number of thioether (sulfide) groups is 1. The van der Waals surface area contributed by atoms with Gasteiger partial charge in [-0.2, -0.15) is 13.2 Å². The number of halogens is 3. The van der Waals surface area contributed by atoms with Gasteiger partial charge in [0.1, 0.15) is 5.76 Å². The normalized spacial score (nSPS) is 14.3. The minimum absolute atomic E-state index is 0.0955. The summed E-state index contributed by atoms with van der Waals surface area (Å²) >= 11 is 1.00. The molecule has 1 aromatic carbocycles. The Labute approximate surface area is 180 Å². The van der Waals surface area contributed by atoms with Crippen molar-refractivity contribution in [2.24, 2.45) is 0 Å². The molecular formula is C20H19F3N4O3S. The topological polar surface area (TPSA) is 84.4 Å². The van der Waals surface area contributed by atoms with E-state index in [1.165, 1.54) is 12.3 Å². The number of amides is 1. The zero-order valence-electron chi connectivity index (χ0n) is 16.5. The molecular weight excluding hydrogens is 433 g/mol. The summed E-state index contributed by atoms with van der Waals surface area (Å²) in [6, 6.07) is 5.12. The first-order valence-electron chi connectivity index (χ1n) is 9.58. The van der Waals surface area contributed by atoms with Crippen LogP contribution in [0.4, 0.5) is 24.5 Å². The lowest BCUT2D eigenvalue weighted by molar-refractivity contribution is -0.137. The van der Waals surface area contributed by atoms with Gasteiger partial charge in [0.05, 0.1) is 34.5 Å². The SMILES string of the molecule is Cc1occc1-c1nnc(SCC(=O)Nc2cc(C(F)(F)F)ccc2N2CCCC2)o1. The predicted octanol–water partition coefficient (Wildman–Crippen LogP) is 4.99. The monoisotopic (exact) mass is 452 g/mol. The molecule has 0 radical (unpaired) electrons. The lowest BCUT2D eigenvalue weighted by Crippen LogP contribution is -2.22. The Kier molecular flexibility index (Phi) is 5.94. The van der Waals surface area contributed by atoms with Crippen molar-refractivity contribution in [3.63, 3.8) is 0 Å². The summed E-state index contributed by atoms with van der Waals surface area (Å²) in [5.41, 5.74) is 0.570. The molecule has 31 heavy (non-hydrogen) atoms. The number of anilines is 2. The maximum absolute atomic E-state index is 13.2. The number of furan rings is 1. The number of nitrogens with zero attached hydrogens (tertiary/aromatic N) is 3. The van der Waals surface area contributed by atoms with E-state index in [1.807, 2.05) is 4.90 Å². The van der Waals surface area contributed by atoms with Gasteiger partial charge >= 0.3 is 6.18 Å². The highest BCUT2D eigenvalue weighted by molar-refractivity contribution is 7.99. The summed E-state index contributed by atoms with van der Waals surface area (Å²) in [5, 5.41) is 10.6. The molecule has 1 fully saturated rings. The number of aromatic nitrogens is 2. The fraction of sp³-hybridized carbons (Fsp3) is 0.350. The van der Waals surface area contributed by atoms with Crippen LogP contribution in [-0.2, 0) is 11.0 Å². The lowest BCUT2D eigenvalue weighted by atomic mass is 10.1. The molecule has 0 atom stereocenters. The number of alkyl halides is 3. The second kappa shape index (κ2) is 8.66. The van der Waals surface area contributed by atoms with E-state index in [1.54, 1.807) is 13.0 Å². The first-order chi connectivity index (χ1) is 14.8. The van der Waals surface area contributed by atoms with E-state index < -0.39 is 17.6 Å². The molecule has 0 bridgehead atoms. The highest BCUT2D eigenvalue weighted by atomic mass is 32.2. The molecule has 0 saturated carbocycles. The smallest absolute Gasteiger partial charge is 0.416 e. The molecule has 1 aliphatic heterocycles. The third-order valence-electron chi connectivity index (χ3n) is 4.87. The largest absolute Gasteiger partial charge is 0.469 e. The zero-order chi connectivity index (χ0) is 22.0. The second-order valence-electron chi connectivity index (χ2n) is 7.02. The molecule has 3 aromatic rings. The number of hydrogen-bond donors (Lipinski definition) is 1. The molecule has 3 heterocycles. The summed E-state index contributed by atoms with van der Waals surface area (Å²) in [4.78, 5) is 14.4. The molecule has 0 unspecified atom stereocenters. The van der Waals surface area contributed by atoms with E-state index >= 15 is 0 Å². The van der Waals surface area contributed by atoms with E-state index in [9.17, 15) is 18.0 Å². The van der Waals surface area contributed by atoms with Crippen LogP contribution in [0.3, 0.4) is 0 Å². The van der Waals surface area contributed by atoms with Crippen molar-refractivity contribution in [1.29, 1.82) is 0 Å². The molecule has 4 rings (SSSR count). The van der Waals surface area contributed by atoms with Gasteiger partial charge in [-0.25, -0.2) is 0 Å². The van der Waals surface area contributed by atoms with E-state index in [4.69, 9.17) is 8.83 Å². The number of hydrogen-bond acceptors (Lipinski definition) is 7. The predicted molar refractivity (Wildman–Crippen MR) is 109 cm³/mol. The molecule has 164 valence electrons. The van der Waals surface area contributed by atoms with Crippen LogP contribution in [0.2, 0.25) is 0 Å². The van der Waals surface area contributed by atoms with Crippen LogP contribution >= 0.6 is 11.8 Å². The van der Waals surface area contributed by atoms with Crippen molar-refractivity contribution in [3.05, 3.63) is 41.9 Å². The minimum atomic E-state index is -4.50. The van der Waals surface area contributed by atoms with Gasteiger partial charge in [-0.1, -0.05) is 11.8 Å². The van der Waals surface area contributed by atoms with Gasteiger partial charge in [-0.05, 0) is 44.0 Å². The van der Waals surface area contributed by atoms with Crippen LogP contribution in [0.15, 0.2) is 44.6 Å². The second-order valence-corrected chi connectivity index (χ2v) is 7.95. The number of benzene rings is 1. The number of aryl methyl sites for hydroxylation is 1. The number of carbonyl (C=O) groups excluding carboxylic acids is 1. The van der Waals surface area contributed by atoms with E-state index in [2.05, 4.69) is 15.5 Å². The van der Waals surface area contributed by atoms with Crippen molar-refractivity contribution >= 4 is 29.0 Å². The first-order valence-corrected chi connectivity index (χ1v) is 10.6. The van der Waals surface area contributed by atoms with Gasteiger partial charge in [0, 0.05) is 13.1 Å². The van der Waals surface area contributed by atoms with Gasteiger partial charge < -0.3 is 19.1 Å². The Morgan fingerprint density at radius 2 is 2.00 bits per heavy atom. The van der Waals surface area contributed by atoms with Crippen LogP contribution < -0.4 is 10.2 Å². The zero-order valence-corrected chi connectivity index (χ0v) is 17.3. The quantitative estimate of drug-likeness (QED) is 0.528. The Morgan fingerprint density at radius 1 is 1.23 bits per heavy atom. The fourth-order valence-electron chi connectivity index (χ4n) is 3.34. The average molecular weight is 452 g/mol. The summed E-state index contributed by atoms with van der Waals surface area (Å²) in [6.07, 6.45) is -1.08. The minimum Gasteiger partial charge on any atom is -0.469 e. The summed E-state index contributed by atoms with van der Waals surface area (Å²) < 4.78 is 50.2. The van der Waals surface area contributed by atoms with Gasteiger partial charge in [0.15, 0.2) is 0 Å². The molecule has 0 spiro atoms. The number of carbonyl (C=O) groups is 1. The molecule has 0 aliphatic carbocycles. The fourth-order valence-corrected chi connectivity index (χ4v) is 3.91. The third-order valence-corrected chi connectivity index (χ3v) is 5.69. The van der Waals surface area contributed by atoms with E-state index in [-0.39, 0.29) is 22.6 Å². The molecule has 1 aliphatic rings. The van der Waals surface area contributed by atoms with Crippen LogP contribution in [-0.4, -0.2) is 34.9 Å². The van der Waals surface area contributed by atoms with Crippen molar-refractivity contribution in [1.82, 2.24) is 10.2 Å². The molecule has 11 heteroatoms. The summed E-state index contributed by atoms with van der Waals surface area (Å²) in [7, 11) is 0. The van der Waals surface area contributed by atoms with Gasteiger partial charge in [-0.3, -0.25) is 4.79 Å². The Bertz CT molecular complexity index is 1070. The Hall–Kier alpha value is -2.95. The molecule has 2 aromatic heterocycles. The van der Waals surface area contributed by atoms with Crippen molar-refractivity contribution in [2.75, 3.05) is 29.1 Å². The average Bonchev–Trinajstić information content (AvgIpc) is 3.47. The summed E-state index contributed by atoms with van der Waals surface area (Å²) in [6.45, 7) is 3.23. The van der Waals surface area contributed by atoms with Gasteiger partial charge in [-0.15, -0.1) is 10.2 Å². The van der Waals surface area contributed by atoms with Crippen LogP contribution in [0.1, 0.15) is 24.2 Å². The maximum atomic E-state index is 13.2. The Morgan fingerprint density at radius 3 is 2.68 bits per heavy atom. The first kappa shape index (κ1) is 21.3. The van der Waals surface area contributed by atoms with Crippen LogP contribution in [0.5, 0.6) is 0 Å². The Balaban J connectivity index is 1.45. The molecule has 1 N–H and O–H groups in total. The number of nitrogens with one attached hydrogen (secondary N) is 1. The van der Waals surface area contributed by atoms with Gasteiger partial charge in [0.25, 0.3) is 11.1 Å². The maximum Gasteiger partial charge on any atom is 0.416 e. The highest BCUT2D eigenvalue weighted by Gasteiger charge is 2.32.